The van der Waals surface area contributed by atoms with Gasteiger partial charge in [-0.1, -0.05) is 11.6 Å². The number of thiophene rings is 1. The van der Waals surface area contributed by atoms with E-state index in [2.05, 4.69) is 11.4 Å². The highest BCUT2D eigenvalue weighted by molar-refractivity contribution is 7.16. The van der Waals surface area contributed by atoms with Crippen molar-refractivity contribution in [1.82, 2.24) is 5.32 Å². The van der Waals surface area contributed by atoms with Crippen molar-refractivity contribution in [2.24, 2.45) is 0 Å². The molecular formula is C12H18ClNOS. The van der Waals surface area contributed by atoms with E-state index in [-0.39, 0.29) is 0 Å². The van der Waals surface area contributed by atoms with E-state index in [9.17, 15) is 0 Å². The van der Waals surface area contributed by atoms with Crippen LogP contribution in [0.3, 0.4) is 0 Å². The summed E-state index contributed by atoms with van der Waals surface area (Å²) in [6, 6.07) is 2.59. The lowest BCUT2D eigenvalue weighted by Crippen LogP contribution is -2.25. The maximum Gasteiger partial charge on any atom is 0.0934 e. The minimum Gasteiger partial charge on any atom is -0.396 e. The second-order valence-electron chi connectivity index (χ2n) is 4.26. The average Bonchev–Trinajstić information content (AvgIpc) is 2.65. The zero-order chi connectivity index (χ0) is 11.4. The number of hydrogen-bond donors (Lipinski definition) is 2. The van der Waals surface area contributed by atoms with E-state index in [1.807, 2.05) is 0 Å². The summed E-state index contributed by atoms with van der Waals surface area (Å²) >= 11 is 7.78. The summed E-state index contributed by atoms with van der Waals surface area (Å²) in [5.41, 5.74) is 1.41. The molecule has 0 aliphatic heterocycles. The van der Waals surface area contributed by atoms with Crippen molar-refractivity contribution >= 4 is 22.9 Å². The van der Waals surface area contributed by atoms with Crippen LogP contribution in [0.4, 0.5) is 0 Å². The van der Waals surface area contributed by atoms with Crippen molar-refractivity contribution in [2.75, 3.05) is 13.2 Å². The predicted molar refractivity (Wildman–Crippen MR) is 69.3 cm³/mol. The molecule has 0 saturated heterocycles. The quantitative estimate of drug-likeness (QED) is 0.797. The molecule has 2 nitrogen and oxygen atoms in total. The van der Waals surface area contributed by atoms with E-state index in [0.29, 0.717) is 12.6 Å². The van der Waals surface area contributed by atoms with Gasteiger partial charge in [-0.05, 0) is 50.3 Å². The normalized spacial score (nSPS) is 19.8. The molecule has 0 radical (unpaired) electrons. The predicted octanol–water partition coefficient (Wildman–Crippen LogP) is 3.14. The van der Waals surface area contributed by atoms with Crippen LogP contribution in [0.1, 0.15) is 42.2 Å². The first-order valence-electron chi connectivity index (χ1n) is 5.93. The Bertz CT molecular complexity index is 340. The van der Waals surface area contributed by atoms with Crippen molar-refractivity contribution in [2.45, 2.75) is 38.1 Å². The molecule has 2 N–H and O–H groups in total. The third-order valence-corrected chi connectivity index (χ3v) is 4.40. The summed E-state index contributed by atoms with van der Waals surface area (Å²) < 4.78 is 0.911. The van der Waals surface area contributed by atoms with Gasteiger partial charge in [0.1, 0.15) is 0 Å². The molecule has 0 spiro atoms. The number of halogens is 1. The molecule has 0 aromatic carbocycles. The third kappa shape index (κ3) is 2.98. The number of nitrogens with one attached hydrogen (secondary N) is 1. The van der Waals surface area contributed by atoms with Gasteiger partial charge >= 0.3 is 0 Å². The molecule has 2 rings (SSSR count). The molecule has 0 bridgehead atoms. The van der Waals surface area contributed by atoms with Gasteiger partial charge in [0.25, 0.3) is 0 Å². The van der Waals surface area contributed by atoms with Crippen LogP contribution in [0.5, 0.6) is 0 Å². The molecule has 16 heavy (non-hydrogen) atoms. The summed E-state index contributed by atoms with van der Waals surface area (Å²) in [7, 11) is 0. The molecule has 1 atom stereocenters. The fourth-order valence-corrected chi connectivity index (χ4v) is 3.63. The summed E-state index contributed by atoms with van der Waals surface area (Å²) in [6.45, 7) is 1.28. The fourth-order valence-electron chi connectivity index (χ4n) is 2.25. The van der Waals surface area contributed by atoms with Crippen molar-refractivity contribution in [3.05, 3.63) is 20.8 Å². The number of hydrogen-bond acceptors (Lipinski definition) is 3. The fraction of sp³-hybridized carbons (Fsp3) is 0.667. The SMILES string of the molecule is OCCCCNC1CCCc2sc(Cl)cc21. The van der Waals surface area contributed by atoms with E-state index in [4.69, 9.17) is 16.7 Å². The minimum absolute atomic E-state index is 0.294. The first-order chi connectivity index (χ1) is 7.81. The molecule has 4 heteroatoms. The van der Waals surface area contributed by atoms with E-state index in [0.717, 1.165) is 23.7 Å². The van der Waals surface area contributed by atoms with Gasteiger partial charge in [-0.3, -0.25) is 0 Å². The first-order valence-corrected chi connectivity index (χ1v) is 7.13. The maximum absolute atomic E-state index is 8.72. The van der Waals surface area contributed by atoms with E-state index < -0.39 is 0 Å². The number of fused-ring (bicyclic) bond motifs is 1. The van der Waals surface area contributed by atoms with Gasteiger partial charge in [0.05, 0.1) is 4.34 Å². The van der Waals surface area contributed by atoms with Gasteiger partial charge < -0.3 is 10.4 Å². The lowest BCUT2D eigenvalue weighted by molar-refractivity contribution is 0.282. The Kier molecular flexibility index (Phi) is 4.65. The molecule has 0 saturated carbocycles. The Morgan fingerprint density at radius 1 is 1.50 bits per heavy atom. The molecule has 1 aliphatic carbocycles. The van der Waals surface area contributed by atoms with Gasteiger partial charge in [0, 0.05) is 17.5 Å². The molecule has 1 heterocycles. The molecule has 1 unspecified atom stereocenters. The van der Waals surface area contributed by atoms with Crippen LogP contribution in [0.2, 0.25) is 4.34 Å². The molecule has 1 aromatic heterocycles. The van der Waals surface area contributed by atoms with E-state index in [1.165, 1.54) is 29.7 Å². The Morgan fingerprint density at radius 3 is 3.19 bits per heavy atom. The van der Waals surface area contributed by atoms with Crippen molar-refractivity contribution in [3.8, 4) is 0 Å². The Balaban J connectivity index is 1.91. The van der Waals surface area contributed by atoms with Crippen LogP contribution in [0, 0.1) is 0 Å². The van der Waals surface area contributed by atoms with Crippen LogP contribution in [-0.2, 0) is 6.42 Å². The second kappa shape index (κ2) is 6.01. The van der Waals surface area contributed by atoms with Gasteiger partial charge in [0.2, 0.25) is 0 Å². The Morgan fingerprint density at radius 2 is 2.38 bits per heavy atom. The summed E-state index contributed by atoms with van der Waals surface area (Å²) in [5.74, 6) is 0. The van der Waals surface area contributed by atoms with Crippen molar-refractivity contribution in [3.63, 3.8) is 0 Å². The topological polar surface area (TPSA) is 32.3 Å². The molecule has 1 aromatic rings. The number of aliphatic hydroxyl groups excluding tert-OH is 1. The Labute approximate surface area is 106 Å². The number of unbranched alkanes of at least 4 members (excludes halogenated alkanes) is 1. The third-order valence-electron chi connectivity index (χ3n) is 3.06. The molecule has 0 fully saturated rings. The summed E-state index contributed by atoms with van der Waals surface area (Å²) in [6.07, 6.45) is 5.57. The van der Waals surface area contributed by atoms with Crippen LogP contribution >= 0.6 is 22.9 Å². The smallest absolute Gasteiger partial charge is 0.0934 e. The van der Waals surface area contributed by atoms with Crippen LogP contribution in [-0.4, -0.2) is 18.3 Å². The van der Waals surface area contributed by atoms with Crippen LogP contribution in [0.25, 0.3) is 0 Å². The van der Waals surface area contributed by atoms with Gasteiger partial charge in [-0.25, -0.2) is 0 Å². The van der Waals surface area contributed by atoms with Gasteiger partial charge in [0.15, 0.2) is 0 Å². The van der Waals surface area contributed by atoms with E-state index >= 15 is 0 Å². The highest BCUT2D eigenvalue weighted by atomic mass is 35.5. The van der Waals surface area contributed by atoms with Crippen LogP contribution < -0.4 is 5.32 Å². The van der Waals surface area contributed by atoms with Crippen molar-refractivity contribution in [1.29, 1.82) is 0 Å². The number of aliphatic hydroxyl groups is 1. The summed E-state index contributed by atoms with van der Waals surface area (Å²) in [4.78, 5) is 1.45. The lowest BCUT2D eigenvalue weighted by atomic mass is 9.94. The summed E-state index contributed by atoms with van der Waals surface area (Å²) in [5, 5.41) is 12.3. The Hall–Kier alpha value is -0.0900. The lowest BCUT2D eigenvalue weighted by Gasteiger charge is -2.23. The maximum atomic E-state index is 8.72. The zero-order valence-electron chi connectivity index (χ0n) is 9.34. The van der Waals surface area contributed by atoms with E-state index in [1.54, 1.807) is 11.3 Å². The zero-order valence-corrected chi connectivity index (χ0v) is 10.9. The van der Waals surface area contributed by atoms with Gasteiger partial charge in [-0.15, -0.1) is 11.3 Å². The first kappa shape index (κ1) is 12.4. The van der Waals surface area contributed by atoms with Crippen molar-refractivity contribution < 1.29 is 5.11 Å². The standard InChI is InChI=1S/C12H18ClNOS/c13-12-8-9-10(14-6-1-2-7-15)4-3-5-11(9)16-12/h8,10,14-15H,1-7H2. The van der Waals surface area contributed by atoms with Gasteiger partial charge in [-0.2, -0.15) is 0 Å². The monoisotopic (exact) mass is 259 g/mol. The molecule has 90 valence electrons. The van der Waals surface area contributed by atoms with Crippen LogP contribution in [0.15, 0.2) is 6.07 Å². The number of aryl methyl sites for hydroxylation is 1. The second-order valence-corrected chi connectivity index (χ2v) is 6.03. The average molecular weight is 260 g/mol. The minimum atomic E-state index is 0.294. The largest absolute Gasteiger partial charge is 0.396 e. The highest BCUT2D eigenvalue weighted by Gasteiger charge is 2.21. The molecular weight excluding hydrogens is 242 g/mol. The molecule has 1 aliphatic rings. The molecule has 0 amide bonds. The number of rotatable bonds is 5. The highest BCUT2D eigenvalue weighted by Crippen LogP contribution is 2.37.